The van der Waals surface area contributed by atoms with Crippen LogP contribution in [0.15, 0.2) is 0 Å². The Morgan fingerprint density at radius 1 is 1.00 bits per heavy atom. The molecule has 4 aliphatic rings. The van der Waals surface area contributed by atoms with E-state index in [2.05, 4.69) is 6.92 Å². The highest BCUT2D eigenvalue weighted by Crippen LogP contribution is 2.64. The van der Waals surface area contributed by atoms with Gasteiger partial charge in [0.2, 0.25) is 0 Å². The van der Waals surface area contributed by atoms with Gasteiger partial charge in [-0.15, -0.1) is 0 Å². The highest BCUT2D eigenvalue weighted by Gasteiger charge is 2.58. The van der Waals surface area contributed by atoms with Crippen molar-refractivity contribution in [2.75, 3.05) is 12.0 Å². The fraction of sp³-hybridized carbons (Fsp3) is 0.955. The van der Waals surface area contributed by atoms with E-state index in [9.17, 15) is 18.3 Å². The summed E-state index contributed by atoms with van der Waals surface area (Å²) >= 11 is 0. The second kappa shape index (κ2) is 7.26. The van der Waals surface area contributed by atoms with E-state index >= 15 is 0 Å². The summed E-state index contributed by atoms with van der Waals surface area (Å²) < 4.78 is 22.9. The number of carbonyl (C=O) groups excluding carboxylic acids is 1. The van der Waals surface area contributed by atoms with Gasteiger partial charge < -0.3 is 5.11 Å². The third-order valence-corrected chi connectivity index (χ3v) is 11.5. The third kappa shape index (κ3) is 3.82. The first-order valence-electron chi connectivity index (χ1n) is 11.1. The maximum absolute atomic E-state index is 12.9. The lowest BCUT2D eigenvalue weighted by Gasteiger charge is -2.56. The maximum Gasteiger partial charge on any atom is 0.199 e. The SMILES string of the molecule is C[C@@]1(O)CC[C@@H]2C3CC[C@@]4(C)C(CC[C@@H]4C(=O)CSS(C)(=O)=O)C3CC[C@H]2C1. The topological polar surface area (TPSA) is 71.4 Å². The molecule has 0 saturated heterocycles. The highest BCUT2D eigenvalue weighted by molar-refractivity contribution is 8.72. The number of hydrogen-bond donors (Lipinski definition) is 1. The predicted octanol–water partition coefficient (Wildman–Crippen LogP) is 4.27. The molecule has 0 radical (unpaired) electrons. The molecule has 0 bridgehead atoms. The number of rotatable bonds is 4. The van der Waals surface area contributed by atoms with Gasteiger partial charge in [0.15, 0.2) is 8.87 Å². The Labute approximate surface area is 173 Å². The van der Waals surface area contributed by atoms with Gasteiger partial charge >= 0.3 is 0 Å². The van der Waals surface area contributed by atoms with E-state index in [1.54, 1.807) is 0 Å². The second-order valence-corrected chi connectivity index (χ2v) is 15.2. The van der Waals surface area contributed by atoms with Crippen molar-refractivity contribution in [1.82, 2.24) is 0 Å². The van der Waals surface area contributed by atoms with E-state index in [0.717, 1.165) is 67.1 Å². The molecule has 0 aliphatic heterocycles. The van der Waals surface area contributed by atoms with Gasteiger partial charge in [-0.2, -0.15) is 0 Å². The molecule has 4 rings (SSSR count). The van der Waals surface area contributed by atoms with Gasteiger partial charge in [-0.05, 0) is 111 Å². The van der Waals surface area contributed by atoms with E-state index in [1.165, 1.54) is 25.5 Å². The van der Waals surface area contributed by atoms with Crippen molar-refractivity contribution in [3.63, 3.8) is 0 Å². The molecule has 0 spiro atoms. The molecule has 4 aliphatic carbocycles. The molecule has 0 aromatic rings. The van der Waals surface area contributed by atoms with Crippen molar-refractivity contribution in [3.05, 3.63) is 0 Å². The summed E-state index contributed by atoms with van der Waals surface area (Å²) in [5.41, 5.74) is -0.414. The Morgan fingerprint density at radius 3 is 2.43 bits per heavy atom. The van der Waals surface area contributed by atoms with Gasteiger partial charge in [-0.3, -0.25) is 4.79 Å². The number of carbonyl (C=O) groups is 1. The molecule has 6 heteroatoms. The van der Waals surface area contributed by atoms with Crippen molar-refractivity contribution in [2.24, 2.45) is 40.9 Å². The molecule has 4 fully saturated rings. The molecule has 0 amide bonds. The molecule has 28 heavy (non-hydrogen) atoms. The molecule has 4 nitrogen and oxygen atoms in total. The summed E-state index contributed by atoms with van der Waals surface area (Å²) in [4.78, 5) is 12.9. The first-order chi connectivity index (χ1) is 13.0. The standard InChI is InChI=1S/C22H36O4S2/c1-21(24)10-8-15-14(12-21)4-5-17-16(15)9-11-22(2)18(17)6-7-19(22)20(23)13-27-28(3,25)26/h14-19,24H,4-13H2,1-3H3/t14-,15-,16?,17?,18?,19+,21+,22-/m0/s1. The summed E-state index contributed by atoms with van der Waals surface area (Å²) in [7, 11) is -2.36. The number of ketones is 1. The van der Waals surface area contributed by atoms with Crippen LogP contribution in [0, 0.1) is 40.9 Å². The van der Waals surface area contributed by atoms with Gasteiger partial charge in [-0.1, -0.05) is 6.92 Å². The number of aliphatic hydroxyl groups is 1. The van der Waals surface area contributed by atoms with E-state index in [4.69, 9.17) is 0 Å². The summed E-state index contributed by atoms with van der Waals surface area (Å²) in [5, 5.41) is 10.5. The molecular formula is C22H36O4S2. The molecule has 160 valence electrons. The van der Waals surface area contributed by atoms with E-state index < -0.39 is 14.5 Å². The Kier molecular flexibility index (Phi) is 5.49. The average Bonchev–Trinajstić information content (AvgIpc) is 2.95. The summed E-state index contributed by atoms with van der Waals surface area (Å²) in [5.74, 6) is 3.86. The van der Waals surface area contributed by atoms with Gasteiger partial charge in [0, 0.05) is 12.2 Å². The zero-order valence-corrected chi connectivity index (χ0v) is 19.2. The molecule has 4 saturated carbocycles. The predicted molar refractivity (Wildman–Crippen MR) is 114 cm³/mol. The lowest BCUT2D eigenvalue weighted by atomic mass is 9.49. The van der Waals surface area contributed by atoms with Crippen molar-refractivity contribution in [2.45, 2.75) is 77.2 Å². The van der Waals surface area contributed by atoms with Crippen LogP contribution in [-0.2, 0) is 13.7 Å². The monoisotopic (exact) mass is 428 g/mol. The lowest BCUT2D eigenvalue weighted by Crippen LogP contribution is -2.51. The Bertz CT molecular complexity index is 731. The van der Waals surface area contributed by atoms with Crippen LogP contribution in [0.1, 0.15) is 71.6 Å². The molecule has 3 unspecified atom stereocenters. The molecule has 1 N–H and O–H groups in total. The molecule has 0 aromatic heterocycles. The zero-order valence-electron chi connectivity index (χ0n) is 17.5. The van der Waals surface area contributed by atoms with Gasteiger partial charge in [-0.25, -0.2) is 8.42 Å². The lowest BCUT2D eigenvalue weighted by molar-refractivity contribution is -0.129. The fourth-order valence-electron chi connectivity index (χ4n) is 7.88. The van der Waals surface area contributed by atoms with Gasteiger partial charge in [0.1, 0.15) is 5.78 Å². The van der Waals surface area contributed by atoms with E-state index in [-0.39, 0.29) is 22.9 Å². The quantitative estimate of drug-likeness (QED) is 0.677. The molecule has 0 aromatic carbocycles. The number of Topliss-reactive ketones (excluding diaryl/α,β-unsaturated/α-hetero) is 1. The van der Waals surface area contributed by atoms with Crippen LogP contribution >= 0.6 is 10.8 Å². The van der Waals surface area contributed by atoms with Crippen LogP contribution < -0.4 is 0 Å². The van der Waals surface area contributed by atoms with Crippen LogP contribution in [0.5, 0.6) is 0 Å². The highest BCUT2D eigenvalue weighted by atomic mass is 33.1. The minimum absolute atomic E-state index is 0.0394. The van der Waals surface area contributed by atoms with Crippen LogP contribution in [-0.4, -0.2) is 36.9 Å². The molecule has 0 heterocycles. The van der Waals surface area contributed by atoms with Crippen molar-refractivity contribution < 1.29 is 18.3 Å². The minimum Gasteiger partial charge on any atom is -0.390 e. The fourth-order valence-corrected chi connectivity index (χ4v) is 9.40. The first kappa shape index (κ1) is 21.2. The Hall–Kier alpha value is -0.0700. The van der Waals surface area contributed by atoms with Crippen LogP contribution in [0.25, 0.3) is 0 Å². The Morgan fingerprint density at radius 2 is 1.71 bits per heavy atom. The summed E-state index contributed by atoms with van der Waals surface area (Å²) in [6.45, 7) is 4.33. The largest absolute Gasteiger partial charge is 0.390 e. The number of hydrogen-bond acceptors (Lipinski definition) is 5. The third-order valence-electron chi connectivity index (χ3n) is 9.04. The zero-order chi connectivity index (χ0) is 20.3. The summed E-state index contributed by atoms with van der Waals surface area (Å²) in [6, 6.07) is 0. The smallest absolute Gasteiger partial charge is 0.199 e. The normalized spacial score (nSPS) is 48.4. The average molecular weight is 429 g/mol. The first-order valence-corrected chi connectivity index (χ1v) is 14.5. The summed E-state index contributed by atoms with van der Waals surface area (Å²) in [6.07, 6.45) is 11.1. The Balaban J connectivity index is 1.47. The van der Waals surface area contributed by atoms with Gasteiger partial charge in [0.05, 0.1) is 11.4 Å². The van der Waals surface area contributed by atoms with Crippen LogP contribution in [0.3, 0.4) is 0 Å². The minimum atomic E-state index is -3.16. The van der Waals surface area contributed by atoms with Crippen LogP contribution in [0.2, 0.25) is 0 Å². The van der Waals surface area contributed by atoms with E-state index in [1.807, 2.05) is 6.92 Å². The van der Waals surface area contributed by atoms with Gasteiger partial charge in [0.25, 0.3) is 0 Å². The van der Waals surface area contributed by atoms with Crippen LogP contribution in [0.4, 0.5) is 0 Å². The van der Waals surface area contributed by atoms with Crippen molar-refractivity contribution >= 4 is 25.4 Å². The molecule has 8 atom stereocenters. The second-order valence-electron chi connectivity index (χ2n) is 10.8. The maximum atomic E-state index is 12.9. The molecular weight excluding hydrogens is 392 g/mol. The number of fused-ring (bicyclic) bond motifs is 5. The van der Waals surface area contributed by atoms with Crippen molar-refractivity contribution in [1.29, 1.82) is 0 Å². The van der Waals surface area contributed by atoms with E-state index in [0.29, 0.717) is 11.8 Å². The van der Waals surface area contributed by atoms with Crippen molar-refractivity contribution in [3.8, 4) is 0 Å².